The minimum absolute atomic E-state index is 0. The number of aliphatic imine (C=N–C) groups is 1. The number of anilines is 2. The van der Waals surface area contributed by atoms with Crippen LogP contribution in [0.15, 0.2) is 102 Å². The predicted octanol–water partition coefficient (Wildman–Crippen LogP) is 21.2. The summed E-state index contributed by atoms with van der Waals surface area (Å²) in [4.78, 5) is 24.7. The smallest absolute Gasteiger partial charge is 0.248 e. The molecule has 0 unspecified atom stereocenters. The molecule has 0 radical (unpaired) electrons. The summed E-state index contributed by atoms with van der Waals surface area (Å²) in [6.07, 6.45) is 4.45. The molecule has 4 fully saturated rings. The van der Waals surface area contributed by atoms with E-state index in [9.17, 15) is 26.3 Å². The molecule has 6 N–H and O–H groups in total. The van der Waals surface area contributed by atoms with E-state index in [-0.39, 0.29) is 69.1 Å². The van der Waals surface area contributed by atoms with Gasteiger partial charge in [-0.15, -0.1) is 12.4 Å². The Morgan fingerprint density at radius 3 is 1.07 bits per heavy atom. The highest BCUT2D eigenvalue weighted by atomic mass is 35.5. The predicted molar refractivity (Wildman–Crippen MR) is 423 cm³/mol. The fourth-order valence-corrected chi connectivity index (χ4v) is 13.3. The summed E-state index contributed by atoms with van der Waals surface area (Å²) in [6.45, 7) is 22.1. The molecule has 107 heavy (non-hydrogen) atoms. The van der Waals surface area contributed by atoms with Gasteiger partial charge in [0.25, 0.3) is 0 Å². The Bertz CT molecular complexity index is 4120. The van der Waals surface area contributed by atoms with Crippen molar-refractivity contribution in [2.24, 2.45) is 16.5 Å². The number of hydrogen-bond acceptors (Lipinski definition) is 15. The van der Waals surface area contributed by atoms with Crippen LogP contribution in [-0.4, -0.2) is 131 Å². The molecule has 9 aromatic rings. The van der Waals surface area contributed by atoms with Crippen LogP contribution in [0.2, 0.25) is 46.0 Å². The number of ether oxygens (including phenoxy) is 1. The van der Waals surface area contributed by atoms with Crippen LogP contribution in [-0.2, 0) is 4.74 Å². The van der Waals surface area contributed by atoms with E-state index in [1.54, 1.807) is 61.2 Å². The van der Waals surface area contributed by atoms with E-state index in [1.807, 2.05) is 92.6 Å². The Kier molecular flexibility index (Phi) is 34.7. The first-order valence-electron chi connectivity index (χ1n) is 33.8. The first-order chi connectivity index (χ1) is 49.7. The minimum atomic E-state index is -2.53. The molecule has 9 aromatic heterocycles. The van der Waals surface area contributed by atoms with Gasteiger partial charge in [-0.1, -0.05) is 110 Å². The van der Waals surface area contributed by atoms with Crippen molar-refractivity contribution in [2.45, 2.75) is 188 Å². The number of aromatic nitrogens is 13. The summed E-state index contributed by atoms with van der Waals surface area (Å²) in [6, 6.07) is 25.1. The molecule has 35 heteroatoms. The van der Waals surface area contributed by atoms with Crippen LogP contribution in [0.5, 0.6) is 0 Å². The minimum Gasteiger partial charge on any atom is -0.382 e. The van der Waals surface area contributed by atoms with Gasteiger partial charge in [-0.2, -0.15) is 20.4 Å². The van der Waals surface area contributed by atoms with Crippen molar-refractivity contribution in [3.63, 3.8) is 0 Å². The molecule has 3 aliphatic carbocycles. The second-order valence-electron chi connectivity index (χ2n) is 26.3. The fraction of sp³-hybridized carbons (Fsp3) is 0.444. The van der Waals surface area contributed by atoms with E-state index in [1.165, 1.54) is 17.7 Å². The lowest BCUT2D eigenvalue weighted by molar-refractivity contribution is -0.0378. The molecule has 5 aliphatic rings. The van der Waals surface area contributed by atoms with Crippen LogP contribution in [0.1, 0.15) is 136 Å². The number of nitrogens with two attached hydrogens (primary N) is 2. The molecule has 0 bridgehead atoms. The number of nitrogens with one attached hydrogen (secondary N) is 2. The van der Waals surface area contributed by atoms with E-state index in [0.717, 1.165) is 82.4 Å². The van der Waals surface area contributed by atoms with Crippen molar-refractivity contribution in [2.75, 3.05) is 30.4 Å². The zero-order chi connectivity index (χ0) is 78.0. The SMILES string of the molecule is CC1=CC(C)=NC1.Cc1cc(C)n(-c2cc(Cl)cc(Cl)n2)n1.Cc1cc(C)n(-c2cc(Cl)cc(NC3CCC(F)(F)CC3)n2)n1.Cc1cc(C)n(-c2cc(Cl)nc(Cl)c2)n1.Cc1cc(C)n(-c2cc(NC3CCC(F)(F)CC3)cc(Cl)n2)n1.Cl.Clc1cc(Cl)nc(Cl)c1.NC1CCC(F)(F)CC1.NC1COC1. The second kappa shape index (κ2) is 41.3. The quantitative estimate of drug-likeness (QED) is 0.0819. The second-order valence-corrected chi connectivity index (χ2v) is 29.9. The molecule has 0 amide bonds. The number of nitrogens with zero attached hydrogens (tertiary/aromatic N) is 14. The number of hydrogen-bond donors (Lipinski definition) is 4. The van der Waals surface area contributed by atoms with Crippen molar-refractivity contribution in [3.05, 3.63) is 188 Å². The van der Waals surface area contributed by atoms with Crippen LogP contribution >= 0.6 is 117 Å². The maximum atomic E-state index is 13.2. The maximum Gasteiger partial charge on any atom is 0.248 e. The Hall–Kier alpha value is -6.04. The lowest BCUT2D eigenvalue weighted by Gasteiger charge is -2.29. The molecule has 0 atom stereocenters. The number of rotatable bonds is 8. The van der Waals surface area contributed by atoms with E-state index in [4.69, 9.17) is 121 Å². The molecule has 0 spiro atoms. The molecule has 14 rings (SSSR count). The molecule has 3 saturated carbocycles. The summed E-state index contributed by atoms with van der Waals surface area (Å²) in [5.41, 5.74) is 22.5. The molecule has 1 saturated heterocycles. The van der Waals surface area contributed by atoms with E-state index < -0.39 is 17.8 Å². The lowest BCUT2D eigenvalue weighted by Crippen LogP contribution is -2.41. The van der Waals surface area contributed by atoms with E-state index in [0.29, 0.717) is 114 Å². The van der Waals surface area contributed by atoms with Crippen LogP contribution in [0.4, 0.5) is 37.8 Å². The molecular formula is C72H86Cl10F6N18O. The van der Waals surface area contributed by atoms with E-state index in [2.05, 4.69) is 73.9 Å². The van der Waals surface area contributed by atoms with Gasteiger partial charge in [0.2, 0.25) is 17.8 Å². The van der Waals surface area contributed by atoms with Gasteiger partial charge in [0, 0.05) is 136 Å². The molecular weight excluding hydrogens is 1600 g/mol. The largest absolute Gasteiger partial charge is 0.382 e. The monoisotopic (exact) mass is 1680 g/mol. The highest BCUT2D eigenvalue weighted by Gasteiger charge is 2.37. The van der Waals surface area contributed by atoms with Crippen LogP contribution in [0.25, 0.3) is 23.1 Å². The average Bonchev–Trinajstić information content (AvgIpc) is 1.76. The first kappa shape index (κ1) is 89.8. The Morgan fingerprint density at radius 1 is 0.402 bits per heavy atom. The third kappa shape index (κ3) is 30.6. The van der Waals surface area contributed by atoms with Gasteiger partial charge < -0.3 is 26.8 Å². The van der Waals surface area contributed by atoms with Gasteiger partial charge in [-0.3, -0.25) is 4.99 Å². The number of aryl methyl sites for hydroxylation is 8. The summed E-state index contributed by atoms with van der Waals surface area (Å²) in [5.74, 6) is -5.01. The average molecular weight is 1690 g/mol. The van der Waals surface area contributed by atoms with Crippen molar-refractivity contribution < 1.29 is 31.1 Å². The Labute approximate surface area is 670 Å². The number of pyridine rings is 5. The van der Waals surface area contributed by atoms with Gasteiger partial charge in [0.15, 0.2) is 17.5 Å². The number of allylic oxidation sites excluding steroid dienone is 1. The highest BCUT2D eigenvalue weighted by Crippen LogP contribution is 2.37. The van der Waals surface area contributed by atoms with Crippen molar-refractivity contribution in [1.82, 2.24) is 64.0 Å². The third-order valence-corrected chi connectivity index (χ3v) is 18.1. The molecule has 582 valence electrons. The Morgan fingerprint density at radius 2 is 0.738 bits per heavy atom. The van der Waals surface area contributed by atoms with Crippen LogP contribution < -0.4 is 22.1 Å². The van der Waals surface area contributed by atoms with Crippen molar-refractivity contribution >= 4 is 134 Å². The molecule has 2 aliphatic heterocycles. The van der Waals surface area contributed by atoms with Crippen molar-refractivity contribution in [1.29, 1.82) is 0 Å². The van der Waals surface area contributed by atoms with Crippen LogP contribution in [0, 0.1) is 55.4 Å². The summed E-state index contributed by atoms with van der Waals surface area (Å²) >= 11 is 52.1. The van der Waals surface area contributed by atoms with Gasteiger partial charge in [0.05, 0.1) is 54.3 Å². The summed E-state index contributed by atoms with van der Waals surface area (Å²) in [7, 11) is 0. The number of alkyl halides is 6. The topological polar surface area (TPSA) is 233 Å². The molecule has 19 nitrogen and oxygen atoms in total. The summed E-state index contributed by atoms with van der Waals surface area (Å²) < 4.78 is 89.3. The lowest BCUT2D eigenvalue weighted by atomic mass is 9.92. The maximum absolute atomic E-state index is 13.2. The van der Waals surface area contributed by atoms with E-state index >= 15 is 0 Å². The fourth-order valence-electron chi connectivity index (χ4n) is 11.2. The number of halogens is 16. The van der Waals surface area contributed by atoms with Gasteiger partial charge >= 0.3 is 0 Å². The van der Waals surface area contributed by atoms with Gasteiger partial charge in [0.1, 0.15) is 36.7 Å². The molecule has 11 heterocycles. The first-order valence-corrected chi connectivity index (χ1v) is 37.2. The standard InChI is InChI=1S/2C16H19ClF2N4.2C10H9Cl2N3.C6H11F2N.C6H9N.C5H2Cl3N.C3H7NO.ClH/c1-10-7-11(2)23(22-10)15-9-12(17)8-14(21-15)20-13-3-5-16(18,19)6-4-13;1-10-7-11(2)23(22-10)15-9-13(8-14(17)21-15)20-12-3-5-16(18,19)6-4-12;1-6-3-7(2)15(14-6)8-4-9(11)13-10(12)5-8;1-6-3-7(2)15(14-6)10-5-8(11)4-9(12)13-10;7-6(8)3-1-5(9)2-4-6;1-5-3-6(2)7-4-5;6-3-1-4(7)9-5(8)2-3;4-3-1-5-2-3;/h7-9,13H,3-6H2,1-2H3,(H,20,21);7-9,12H,3-6H2,1-2H3,(H,20,21);2*3-5H,1-2H3;5H,1-4,9H2;3H,4H2,1-2H3;1-2H;3H,1-2,4H2;1H. The van der Waals surface area contributed by atoms with Gasteiger partial charge in [-0.25, -0.2) is 70.0 Å². The zero-order valence-electron chi connectivity index (χ0n) is 60.5. The van der Waals surface area contributed by atoms with Gasteiger partial charge in [-0.05, 0) is 168 Å². The third-order valence-electron chi connectivity index (χ3n) is 16.3. The zero-order valence-corrected chi connectivity index (χ0v) is 68.1. The van der Waals surface area contributed by atoms with Crippen LogP contribution in [0.3, 0.4) is 0 Å². The Balaban J connectivity index is 0.000000199. The normalized spacial score (nSPS) is 16.4. The summed E-state index contributed by atoms with van der Waals surface area (Å²) in [5, 5.41) is 27.6. The highest BCUT2D eigenvalue weighted by molar-refractivity contribution is 6.37. The molecule has 0 aromatic carbocycles. The van der Waals surface area contributed by atoms with Crippen molar-refractivity contribution in [3.8, 4) is 23.1 Å².